The van der Waals surface area contributed by atoms with Crippen LogP contribution in [-0.4, -0.2) is 36.9 Å². The molecule has 5 nitrogen and oxygen atoms in total. The molecule has 2 amide bonds. The second kappa shape index (κ2) is 9.36. The Bertz CT molecular complexity index is 775. The van der Waals surface area contributed by atoms with Crippen LogP contribution < -0.4 is 10.6 Å². The molecule has 0 aliphatic rings. The largest absolute Gasteiger partial charge is 0.325 e. The molecule has 0 radical (unpaired) electrons. The van der Waals surface area contributed by atoms with Gasteiger partial charge in [-0.3, -0.25) is 14.5 Å². The number of para-hydroxylation sites is 1. The van der Waals surface area contributed by atoms with E-state index in [4.69, 9.17) is 11.6 Å². The van der Waals surface area contributed by atoms with Gasteiger partial charge in [-0.15, -0.1) is 0 Å². The summed E-state index contributed by atoms with van der Waals surface area (Å²) in [6.45, 7) is 4.27. The highest BCUT2D eigenvalue weighted by Gasteiger charge is 2.13. The van der Waals surface area contributed by atoms with Gasteiger partial charge in [-0.1, -0.05) is 36.7 Å². The molecule has 6 heteroatoms. The van der Waals surface area contributed by atoms with Gasteiger partial charge < -0.3 is 10.6 Å². The number of rotatable bonds is 7. The Morgan fingerprint density at radius 1 is 1.00 bits per heavy atom. The second-order valence-corrected chi connectivity index (χ2v) is 6.67. The predicted octanol–water partition coefficient (Wildman–Crippen LogP) is 3.72. The van der Waals surface area contributed by atoms with Crippen molar-refractivity contribution in [3.63, 3.8) is 0 Å². The SMILES string of the molecule is CCc1cccc(C)c1NC(=O)CN(C)CC(=O)Nc1ccc(Cl)cc1. The summed E-state index contributed by atoms with van der Waals surface area (Å²) >= 11 is 5.82. The maximum Gasteiger partial charge on any atom is 0.238 e. The van der Waals surface area contributed by atoms with Crippen molar-refractivity contribution in [2.75, 3.05) is 30.8 Å². The van der Waals surface area contributed by atoms with E-state index in [2.05, 4.69) is 17.6 Å². The normalized spacial score (nSPS) is 10.7. The molecule has 2 rings (SSSR count). The standard InChI is InChI=1S/C20H24ClN3O2/c1-4-15-7-5-6-14(2)20(15)23-19(26)13-24(3)12-18(25)22-17-10-8-16(21)9-11-17/h5-11H,4,12-13H2,1-3H3,(H,22,25)(H,23,26). The molecule has 0 aliphatic carbocycles. The van der Waals surface area contributed by atoms with Gasteiger partial charge >= 0.3 is 0 Å². The van der Waals surface area contributed by atoms with E-state index in [0.29, 0.717) is 10.7 Å². The number of hydrogen-bond acceptors (Lipinski definition) is 3. The van der Waals surface area contributed by atoms with Crippen LogP contribution >= 0.6 is 11.6 Å². The average molecular weight is 374 g/mol. The Labute approximate surface area is 159 Å². The molecule has 0 bridgehead atoms. The van der Waals surface area contributed by atoms with E-state index in [1.807, 2.05) is 25.1 Å². The molecule has 2 aromatic carbocycles. The number of nitrogens with one attached hydrogen (secondary N) is 2. The highest BCUT2D eigenvalue weighted by Crippen LogP contribution is 2.21. The highest BCUT2D eigenvalue weighted by atomic mass is 35.5. The number of likely N-dealkylation sites (N-methyl/N-ethyl adjacent to an activating group) is 1. The summed E-state index contributed by atoms with van der Waals surface area (Å²) in [4.78, 5) is 26.1. The number of hydrogen-bond donors (Lipinski definition) is 2. The van der Waals surface area contributed by atoms with Crippen LogP contribution in [0.4, 0.5) is 11.4 Å². The monoisotopic (exact) mass is 373 g/mol. The van der Waals surface area contributed by atoms with Crippen molar-refractivity contribution < 1.29 is 9.59 Å². The van der Waals surface area contributed by atoms with Crippen molar-refractivity contribution in [1.82, 2.24) is 4.90 Å². The van der Waals surface area contributed by atoms with Crippen molar-refractivity contribution in [1.29, 1.82) is 0 Å². The number of nitrogens with zero attached hydrogens (tertiary/aromatic N) is 1. The maximum atomic E-state index is 12.3. The Hall–Kier alpha value is -2.37. The number of anilines is 2. The number of halogens is 1. The first-order valence-corrected chi connectivity index (χ1v) is 8.89. The highest BCUT2D eigenvalue weighted by molar-refractivity contribution is 6.30. The lowest BCUT2D eigenvalue weighted by molar-refractivity contribution is -0.119. The molecule has 0 aromatic heterocycles. The molecular formula is C20H24ClN3O2. The van der Waals surface area contributed by atoms with Crippen LogP contribution in [-0.2, 0) is 16.0 Å². The Kier molecular flexibility index (Phi) is 7.18. The lowest BCUT2D eigenvalue weighted by Gasteiger charge is -2.18. The van der Waals surface area contributed by atoms with E-state index < -0.39 is 0 Å². The first kappa shape index (κ1) is 19.9. The van der Waals surface area contributed by atoms with Gasteiger partial charge in [-0.2, -0.15) is 0 Å². The number of carbonyl (C=O) groups is 2. The average Bonchev–Trinajstić information content (AvgIpc) is 2.58. The summed E-state index contributed by atoms with van der Waals surface area (Å²) in [7, 11) is 1.74. The van der Waals surface area contributed by atoms with Gasteiger partial charge in [0.1, 0.15) is 0 Å². The van der Waals surface area contributed by atoms with E-state index in [-0.39, 0.29) is 24.9 Å². The lowest BCUT2D eigenvalue weighted by Crippen LogP contribution is -2.36. The van der Waals surface area contributed by atoms with Gasteiger partial charge in [0.25, 0.3) is 0 Å². The molecule has 0 fully saturated rings. The van der Waals surface area contributed by atoms with E-state index in [1.165, 1.54) is 0 Å². The summed E-state index contributed by atoms with van der Waals surface area (Å²) in [6.07, 6.45) is 0.844. The molecule has 0 saturated carbocycles. The van der Waals surface area contributed by atoms with Crippen LogP contribution in [0.15, 0.2) is 42.5 Å². The Morgan fingerprint density at radius 2 is 1.62 bits per heavy atom. The van der Waals surface area contributed by atoms with Crippen molar-refractivity contribution in [3.8, 4) is 0 Å². The topological polar surface area (TPSA) is 61.4 Å². The van der Waals surface area contributed by atoms with Gasteiger partial charge in [-0.05, 0) is 55.8 Å². The number of amides is 2. The number of carbonyl (C=O) groups excluding carboxylic acids is 2. The minimum atomic E-state index is -0.187. The molecule has 0 spiro atoms. The van der Waals surface area contributed by atoms with Crippen LogP contribution in [0.5, 0.6) is 0 Å². The Morgan fingerprint density at radius 3 is 2.23 bits per heavy atom. The fourth-order valence-corrected chi connectivity index (χ4v) is 2.79. The summed E-state index contributed by atoms with van der Waals surface area (Å²) in [5, 5.41) is 6.35. The third-order valence-corrected chi connectivity index (χ3v) is 4.21. The molecule has 2 aromatic rings. The minimum Gasteiger partial charge on any atom is -0.325 e. The van der Waals surface area contributed by atoms with Gasteiger partial charge in [-0.25, -0.2) is 0 Å². The smallest absolute Gasteiger partial charge is 0.238 e. The van der Waals surface area contributed by atoms with E-state index in [0.717, 1.165) is 23.2 Å². The summed E-state index contributed by atoms with van der Waals surface area (Å²) in [5.41, 5.74) is 3.66. The van der Waals surface area contributed by atoms with Crippen LogP contribution in [0.2, 0.25) is 5.02 Å². The fourth-order valence-electron chi connectivity index (χ4n) is 2.66. The summed E-state index contributed by atoms with van der Waals surface area (Å²) < 4.78 is 0. The molecule has 0 aliphatic heterocycles. The van der Waals surface area contributed by atoms with Gasteiger partial charge in [0.05, 0.1) is 13.1 Å². The third kappa shape index (κ3) is 5.86. The second-order valence-electron chi connectivity index (χ2n) is 6.24. The molecular weight excluding hydrogens is 350 g/mol. The first-order chi connectivity index (χ1) is 12.4. The predicted molar refractivity (Wildman–Crippen MR) is 107 cm³/mol. The zero-order valence-electron chi connectivity index (χ0n) is 15.3. The Balaban J connectivity index is 1.87. The summed E-state index contributed by atoms with van der Waals surface area (Å²) in [5.74, 6) is -0.330. The molecule has 2 N–H and O–H groups in total. The van der Waals surface area contributed by atoms with E-state index in [9.17, 15) is 9.59 Å². The number of aryl methyl sites for hydroxylation is 2. The maximum absolute atomic E-state index is 12.3. The molecule has 26 heavy (non-hydrogen) atoms. The zero-order chi connectivity index (χ0) is 19.1. The van der Waals surface area contributed by atoms with Crippen molar-refractivity contribution in [2.45, 2.75) is 20.3 Å². The molecule has 0 unspecified atom stereocenters. The molecule has 0 heterocycles. The molecule has 138 valence electrons. The van der Waals surface area contributed by atoms with Crippen molar-refractivity contribution in [2.24, 2.45) is 0 Å². The van der Waals surface area contributed by atoms with Gasteiger partial charge in [0.15, 0.2) is 0 Å². The molecule has 0 saturated heterocycles. The first-order valence-electron chi connectivity index (χ1n) is 8.51. The van der Waals surface area contributed by atoms with Gasteiger partial charge in [0, 0.05) is 16.4 Å². The van der Waals surface area contributed by atoms with Gasteiger partial charge in [0.2, 0.25) is 11.8 Å². The minimum absolute atomic E-state index is 0.116. The summed E-state index contributed by atoms with van der Waals surface area (Å²) in [6, 6.07) is 12.8. The van der Waals surface area contributed by atoms with E-state index in [1.54, 1.807) is 36.2 Å². The van der Waals surface area contributed by atoms with Crippen LogP contribution in [0.3, 0.4) is 0 Å². The third-order valence-electron chi connectivity index (χ3n) is 3.96. The van der Waals surface area contributed by atoms with Crippen molar-refractivity contribution in [3.05, 3.63) is 58.6 Å². The quantitative estimate of drug-likeness (QED) is 0.777. The van der Waals surface area contributed by atoms with Crippen molar-refractivity contribution >= 4 is 34.8 Å². The lowest BCUT2D eigenvalue weighted by atomic mass is 10.1. The van der Waals surface area contributed by atoms with Crippen LogP contribution in [0.25, 0.3) is 0 Å². The van der Waals surface area contributed by atoms with E-state index >= 15 is 0 Å². The van der Waals surface area contributed by atoms with Crippen LogP contribution in [0.1, 0.15) is 18.1 Å². The molecule has 0 atom stereocenters. The fraction of sp³-hybridized carbons (Fsp3) is 0.300. The number of benzene rings is 2. The van der Waals surface area contributed by atoms with Crippen LogP contribution in [0, 0.1) is 6.92 Å². The zero-order valence-corrected chi connectivity index (χ0v) is 16.1.